The summed E-state index contributed by atoms with van der Waals surface area (Å²) in [6, 6.07) is 23.0. The van der Waals surface area contributed by atoms with Crippen LogP contribution in [0.5, 0.6) is 0 Å². The Morgan fingerprint density at radius 1 is 1.00 bits per heavy atom. The number of hydrogen-bond donors (Lipinski definition) is 0. The summed E-state index contributed by atoms with van der Waals surface area (Å²) in [5, 5.41) is 6.56. The van der Waals surface area contributed by atoms with E-state index in [1.165, 1.54) is 28.2 Å². The van der Waals surface area contributed by atoms with E-state index in [-0.39, 0.29) is 51.0 Å². The summed E-state index contributed by atoms with van der Waals surface area (Å²) in [5.41, 5.74) is 3.75. The number of allylic oxidation sites excluding steroid dienone is 4. The van der Waals surface area contributed by atoms with E-state index < -0.39 is 0 Å². The van der Waals surface area contributed by atoms with Crippen molar-refractivity contribution < 1.29 is 51.0 Å². The molecule has 0 bridgehead atoms. The SMILES string of the molecule is [C-]1=C(Cc2ccccc2)C=CC1.[Cl-].[Cl-].[Zr+4].c1ccc2[cH-]c(-n3cncn3)cc2c1. The molecule has 0 saturated carbocycles. The maximum atomic E-state index is 4.09. The summed E-state index contributed by atoms with van der Waals surface area (Å²) < 4.78 is 1.76. The van der Waals surface area contributed by atoms with Crippen LogP contribution in [0.4, 0.5) is 0 Å². The molecule has 0 aliphatic heterocycles. The minimum atomic E-state index is 0. The van der Waals surface area contributed by atoms with Crippen LogP contribution in [0.3, 0.4) is 0 Å². The fourth-order valence-corrected chi connectivity index (χ4v) is 3.00. The molecule has 0 atom stereocenters. The third-order valence-electron chi connectivity index (χ3n) is 4.29. The molecule has 1 aliphatic carbocycles. The van der Waals surface area contributed by atoms with Gasteiger partial charge in [0.2, 0.25) is 0 Å². The van der Waals surface area contributed by atoms with Crippen molar-refractivity contribution in [3.05, 3.63) is 109 Å². The van der Waals surface area contributed by atoms with Gasteiger partial charge in [0, 0.05) is 0 Å². The third kappa shape index (κ3) is 6.85. The van der Waals surface area contributed by atoms with Gasteiger partial charge in [-0.3, -0.25) is 6.08 Å². The van der Waals surface area contributed by atoms with Crippen molar-refractivity contribution in [1.29, 1.82) is 0 Å². The molecule has 3 aromatic carbocycles. The van der Waals surface area contributed by atoms with Gasteiger partial charge in [-0.2, -0.15) is 11.2 Å². The average Bonchev–Trinajstić information content (AvgIpc) is 3.44. The Morgan fingerprint density at radius 2 is 1.76 bits per heavy atom. The molecule has 5 rings (SSSR count). The van der Waals surface area contributed by atoms with Gasteiger partial charge < -0.3 is 24.8 Å². The third-order valence-corrected chi connectivity index (χ3v) is 4.29. The van der Waals surface area contributed by atoms with Gasteiger partial charge in [0.1, 0.15) is 12.7 Å². The fourth-order valence-electron chi connectivity index (χ4n) is 3.00. The van der Waals surface area contributed by atoms with Crippen LogP contribution in [0, 0.1) is 6.08 Å². The van der Waals surface area contributed by atoms with Crippen LogP contribution in [0.15, 0.2) is 97.1 Å². The Balaban J connectivity index is 0.000000266. The molecule has 4 aromatic rings. The van der Waals surface area contributed by atoms with Crippen LogP contribution >= 0.6 is 0 Å². The van der Waals surface area contributed by atoms with Crippen LogP contribution in [-0.2, 0) is 32.6 Å². The van der Waals surface area contributed by atoms with Crippen molar-refractivity contribution in [3.8, 4) is 5.69 Å². The number of fused-ring (bicyclic) bond motifs is 1. The van der Waals surface area contributed by atoms with Crippen molar-refractivity contribution in [1.82, 2.24) is 14.8 Å². The summed E-state index contributed by atoms with van der Waals surface area (Å²) >= 11 is 0. The van der Waals surface area contributed by atoms with Crippen LogP contribution in [0.25, 0.3) is 16.5 Å². The quantitative estimate of drug-likeness (QED) is 0.341. The first kappa shape index (κ1) is 25.2. The van der Waals surface area contributed by atoms with Crippen molar-refractivity contribution in [2.75, 3.05) is 0 Å². The summed E-state index contributed by atoms with van der Waals surface area (Å²) in [4.78, 5) is 3.92. The van der Waals surface area contributed by atoms with E-state index in [1.807, 2.05) is 18.2 Å². The van der Waals surface area contributed by atoms with Crippen LogP contribution < -0.4 is 24.8 Å². The minimum absolute atomic E-state index is 0. The second-order valence-electron chi connectivity index (χ2n) is 6.15. The summed E-state index contributed by atoms with van der Waals surface area (Å²) in [5.74, 6) is 0. The molecule has 29 heavy (non-hydrogen) atoms. The molecule has 0 spiro atoms. The largest absolute Gasteiger partial charge is 4.00 e. The number of halogens is 2. The normalized spacial score (nSPS) is 11.4. The maximum Gasteiger partial charge on any atom is 4.00 e. The molecule has 0 unspecified atom stereocenters. The molecule has 0 saturated heterocycles. The Hall–Kier alpha value is -1.87. The van der Waals surface area contributed by atoms with Gasteiger partial charge in [-0.25, -0.2) is 21.3 Å². The molecule has 1 aromatic heterocycles. The Labute approximate surface area is 202 Å². The Bertz CT molecular complexity index is 1010. The van der Waals surface area contributed by atoms with Gasteiger partial charge in [-0.15, -0.1) is 47.5 Å². The average molecular weight is 500 g/mol. The van der Waals surface area contributed by atoms with E-state index >= 15 is 0 Å². The van der Waals surface area contributed by atoms with Crippen molar-refractivity contribution in [3.63, 3.8) is 0 Å². The zero-order valence-electron chi connectivity index (χ0n) is 15.7. The summed E-state index contributed by atoms with van der Waals surface area (Å²) in [7, 11) is 0. The molecule has 6 heteroatoms. The van der Waals surface area contributed by atoms with Gasteiger partial charge in [-0.05, 0) is 17.7 Å². The van der Waals surface area contributed by atoms with Crippen LogP contribution in [0.2, 0.25) is 0 Å². The molecule has 144 valence electrons. The predicted molar refractivity (Wildman–Crippen MR) is 105 cm³/mol. The van der Waals surface area contributed by atoms with Gasteiger partial charge in [-0.1, -0.05) is 36.4 Å². The van der Waals surface area contributed by atoms with Crippen LogP contribution in [-0.4, -0.2) is 14.8 Å². The summed E-state index contributed by atoms with van der Waals surface area (Å²) in [6.45, 7) is 0. The number of aromatic nitrogens is 3. The van der Waals surface area contributed by atoms with E-state index in [9.17, 15) is 0 Å². The number of rotatable bonds is 3. The van der Waals surface area contributed by atoms with E-state index in [1.54, 1.807) is 11.0 Å². The molecular formula is C23H19Cl2N3Zr. The van der Waals surface area contributed by atoms with E-state index in [0.29, 0.717) is 0 Å². The monoisotopic (exact) mass is 497 g/mol. The summed E-state index contributed by atoms with van der Waals surface area (Å²) in [6.07, 6.45) is 12.9. The first-order valence-corrected chi connectivity index (χ1v) is 8.69. The number of nitrogens with zero attached hydrogens (tertiary/aromatic N) is 3. The first-order chi connectivity index (χ1) is 12.9. The molecular weight excluding hydrogens is 480 g/mol. The molecule has 0 fully saturated rings. The van der Waals surface area contributed by atoms with Gasteiger partial charge in [0.15, 0.2) is 0 Å². The number of hydrogen-bond acceptors (Lipinski definition) is 2. The van der Waals surface area contributed by atoms with E-state index in [2.05, 4.69) is 76.8 Å². The zero-order valence-corrected chi connectivity index (χ0v) is 19.6. The zero-order chi connectivity index (χ0) is 17.6. The predicted octanol–water partition coefficient (Wildman–Crippen LogP) is -0.937. The molecule has 0 radical (unpaired) electrons. The van der Waals surface area contributed by atoms with Crippen molar-refractivity contribution in [2.45, 2.75) is 12.8 Å². The second-order valence-corrected chi connectivity index (χ2v) is 6.15. The van der Waals surface area contributed by atoms with Gasteiger partial charge in [0.25, 0.3) is 0 Å². The van der Waals surface area contributed by atoms with E-state index in [4.69, 9.17) is 0 Å². The maximum absolute atomic E-state index is 4.09. The Kier molecular flexibility index (Phi) is 11.0. The first-order valence-electron chi connectivity index (χ1n) is 8.69. The fraction of sp³-hybridized carbons (Fsp3) is 0.0870. The van der Waals surface area contributed by atoms with E-state index in [0.717, 1.165) is 18.5 Å². The van der Waals surface area contributed by atoms with Crippen molar-refractivity contribution >= 4 is 10.8 Å². The smallest absolute Gasteiger partial charge is 1.00 e. The topological polar surface area (TPSA) is 30.7 Å². The van der Waals surface area contributed by atoms with Gasteiger partial charge in [0.05, 0.1) is 0 Å². The second kappa shape index (κ2) is 12.6. The number of benzene rings is 2. The molecule has 3 nitrogen and oxygen atoms in total. The van der Waals surface area contributed by atoms with Crippen molar-refractivity contribution in [2.24, 2.45) is 0 Å². The molecule has 0 amide bonds. The standard InChI is InChI=1S/C12H11.C11H8N3.2ClH.Zr/c1-2-6-11(7-3-1)10-12-8-4-5-9-12;1-2-4-10-6-11(5-9(10)3-1)14-8-12-7-13-14;;;/h1-4,6-8H,5,10H2;1-8H;2*1H;/q2*-1;;;+4/p-2. The Morgan fingerprint density at radius 3 is 2.41 bits per heavy atom. The molecule has 0 N–H and O–H groups in total. The molecule has 1 heterocycles. The van der Waals surface area contributed by atoms with Gasteiger partial charge >= 0.3 is 26.2 Å². The van der Waals surface area contributed by atoms with Crippen LogP contribution in [0.1, 0.15) is 12.0 Å². The minimum Gasteiger partial charge on any atom is -1.00 e. The molecule has 1 aliphatic rings.